The third-order valence-electron chi connectivity index (χ3n) is 6.62. The fourth-order valence-corrected chi connectivity index (χ4v) is 4.76. The van der Waals surface area contributed by atoms with Gasteiger partial charge in [-0.2, -0.15) is 5.10 Å². The smallest absolute Gasteiger partial charge is 0.276 e. The van der Waals surface area contributed by atoms with E-state index in [2.05, 4.69) is 41.3 Å². The van der Waals surface area contributed by atoms with Crippen LogP contribution in [0.4, 0.5) is 5.69 Å². The molecule has 36 heavy (non-hydrogen) atoms. The van der Waals surface area contributed by atoms with E-state index in [4.69, 9.17) is 0 Å². The Labute approximate surface area is 211 Å². The zero-order chi connectivity index (χ0) is 24.9. The first kappa shape index (κ1) is 24.1. The third kappa shape index (κ3) is 5.78. The van der Waals surface area contributed by atoms with Gasteiger partial charge in [0.15, 0.2) is 5.69 Å². The van der Waals surface area contributed by atoms with Crippen molar-refractivity contribution >= 4 is 22.5 Å². The van der Waals surface area contributed by atoms with Gasteiger partial charge in [0.05, 0.1) is 17.4 Å². The average molecular weight is 484 g/mol. The monoisotopic (exact) mass is 483 g/mol. The zero-order valence-electron chi connectivity index (χ0n) is 21.0. The Morgan fingerprint density at radius 3 is 2.67 bits per heavy atom. The second-order valence-electron chi connectivity index (χ2n) is 9.80. The number of benzene rings is 1. The molecule has 1 aliphatic heterocycles. The van der Waals surface area contributed by atoms with Crippen molar-refractivity contribution in [3.8, 4) is 11.1 Å². The highest BCUT2D eigenvalue weighted by molar-refractivity contribution is 6.11. The van der Waals surface area contributed by atoms with E-state index in [9.17, 15) is 4.79 Å². The highest BCUT2D eigenvalue weighted by Crippen LogP contribution is 2.26. The molecule has 1 fully saturated rings. The fraction of sp³-hybridized carbons (Fsp3) is 0.357. The molecule has 0 atom stereocenters. The molecule has 0 saturated carbocycles. The van der Waals surface area contributed by atoms with Crippen LogP contribution < -0.4 is 5.32 Å². The van der Waals surface area contributed by atoms with Gasteiger partial charge in [-0.3, -0.25) is 19.9 Å². The lowest BCUT2D eigenvalue weighted by Gasteiger charge is -2.26. The van der Waals surface area contributed by atoms with Gasteiger partial charge in [-0.05, 0) is 81.5 Å². The van der Waals surface area contributed by atoms with Crippen molar-refractivity contribution in [1.29, 1.82) is 0 Å². The summed E-state index contributed by atoms with van der Waals surface area (Å²) in [6, 6.07) is 12.0. The summed E-state index contributed by atoms with van der Waals surface area (Å²) in [5.74, 6) is -0.263. The van der Waals surface area contributed by atoms with Gasteiger partial charge in [-0.1, -0.05) is 12.5 Å². The first-order valence-electron chi connectivity index (χ1n) is 12.6. The SMILES string of the molecule is CN(C)Cc1cncc(-c2ccc3[nH]nc(C(=O)Nc4ccc(CCN5CCCCC5)nc4)c3c2)c1. The molecular weight excluding hydrogens is 450 g/mol. The minimum atomic E-state index is -0.263. The molecule has 0 aliphatic carbocycles. The van der Waals surface area contributed by atoms with Crippen LogP contribution in [-0.4, -0.2) is 69.6 Å². The number of fused-ring (bicyclic) bond motifs is 1. The molecule has 0 bridgehead atoms. The molecule has 1 aliphatic rings. The number of aromatic nitrogens is 4. The van der Waals surface area contributed by atoms with Gasteiger partial charge in [0.1, 0.15) is 0 Å². The zero-order valence-corrected chi connectivity index (χ0v) is 21.0. The molecule has 8 nitrogen and oxygen atoms in total. The number of carbonyl (C=O) groups is 1. The summed E-state index contributed by atoms with van der Waals surface area (Å²) in [4.78, 5) is 26.7. The molecule has 1 saturated heterocycles. The van der Waals surface area contributed by atoms with Crippen LogP contribution in [0.3, 0.4) is 0 Å². The number of nitrogens with one attached hydrogen (secondary N) is 2. The summed E-state index contributed by atoms with van der Waals surface area (Å²) in [6.07, 6.45) is 10.3. The van der Waals surface area contributed by atoms with Gasteiger partial charge < -0.3 is 15.1 Å². The van der Waals surface area contributed by atoms with E-state index in [1.54, 1.807) is 6.20 Å². The Balaban J connectivity index is 1.28. The summed E-state index contributed by atoms with van der Waals surface area (Å²) in [5, 5.41) is 11.0. The number of piperidine rings is 1. The Morgan fingerprint density at radius 1 is 1.03 bits per heavy atom. The van der Waals surface area contributed by atoms with Gasteiger partial charge >= 0.3 is 0 Å². The topological polar surface area (TPSA) is 90.0 Å². The highest BCUT2D eigenvalue weighted by Gasteiger charge is 2.16. The van der Waals surface area contributed by atoms with Crippen molar-refractivity contribution in [3.63, 3.8) is 0 Å². The van der Waals surface area contributed by atoms with Gasteiger partial charge in [-0.25, -0.2) is 0 Å². The molecule has 8 heteroatoms. The Hall–Kier alpha value is -3.62. The van der Waals surface area contributed by atoms with Crippen molar-refractivity contribution in [2.24, 2.45) is 0 Å². The molecule has 0 spiro atoms. The molecule has 0 radical (unpaired) electrons. The van der Waals surface area contributed by atoms with E-state index < -0.39 is 0 Å². The Bertz CT molecular complexity index is 1320. The van der Waals surface area contributed by atoms with Crippen LogP contribution in [-0.2, 0) is 13.0 Å². The number of amides is 1. The summed E-state index contributed by atoms with van der Waals surface area (Å²) < 4.78 is 0. The molecular formula is C28H33N7O. The van der Waals surface area contributed by atoms with Crippen molar-refractivity contribution in [3.05, 3.63) is 71.9 Å². The van der Waals surface area contributed by atoms with Crippen molar-refractivity contribution in [1.82, 2.24) is 30.0 Å². The van der Waals surface area contributed by atoms with E-state index in [0.717, 1.165) is 52.8 Å². The number of aromatic amines is 1. The molecule has 0 unspecified atom stereocenters. The number of pyridine rings is 2. The summed E-state index contributed by atoms with van der Waals surface area (Å²) in [5.41, 5.74) is 6.01. The minimum absolute atomic E-state index is 0.263. The number of H-pyrrole nitrogens is 1. The number of anilines is 1. The van der Waals surface area contributed by atoms with Gasteiger partial charge in [0.2, 0.25) is 0 Å². The predicted octanol–water partition coefficient (Wildman–Crippen LogP) is 4.36. The van der Waals surface area contributed by atoms with Gasteiger partial charge in [-0.15, -0.1) is 0 Å². The second kappa shape index (κ2) is 11.0. The second-order valence-corrected chi connectivity index (χ2v) is 9.80. The molecule has 1 aromatic carbocycles. The Morgan fingerprint density at radius 2 is 1.89 bits per heavy atom. The lowest BCUT2D eigenvalue weighted by Crippen LogP contribution is -2.31. The quantitative estimate of drug-likeness (QED) is 0.387. The molecule has 1 amide bonds. The lowest BCUT2D eigenvalue weighted by molar-refractivity contribution is 0.102. The summed E-state index contributed by atoms with van der Waals surface area (Å²) >= 11 is 0. The maximum Gasteiger partial charge on any atom is 0.276 e. The van der Waals surface area contributed by atoms with E-state index in [-0.39, 0.29) is 5.91 Å². The van der Waals surface area contributed by atoms with Crippen molar-refractivity contribution in [2.75, 3.05) is 39.0 Å². The van der Waals surface area contributed by atoms with Crippen LogP contribution in [0.25, 0.3) is 22.0 Å². The van der Waals surface area contributed by atoms with Gasteiger partial charge in [0.25, 0.3) is 5.91 Å². The van der Waals surface area contributed by atoms with Crippen LogP contribution in [0.5, 0.6) is 0 Å². The summed E-state index contributed by atoms with van der Waals surface area (Å²) in [6.45, 7) is 4.22. The molecule has 2 N–H and O–H groups in total. The first-order valence-corrected chi connectivity index (χ1v) is 12.6. The maximum atomic E-state index is 13.1. The molecule has 4 heterocycles. The number of nitrogens with zero attached hydrogens (tertiary/aromatic N) is 5. The fourth-order valence-electron chi connectivity index (χ4n) is 4.76. The molecule has 4 aromatic rings. The van der Waals surface area contributed by atoms with Crippen LogP contribution in [0.1, 0.15) is 41.0 Å². The van der Waals surface area contributed by atoms with E-state index in [1.807, 2.05) is 56.8 Å². The Kier molecular flexibility index (Phi) is 7.34. The number of carbonyl (C=O) groups excluding carboxylic acids is 1. The van der Waals surface area contributed by atoms with E-state index in [0.29, 0.717) is 11.4 Å². The molecule has 5 rings (SSSR count). The maximum absolute atomic E-state index is 13.1. The van der Waals surface area contributed by atoms with E-state index >= 15 is 0 Å². The molecule has 186 valence electrons. The normalized spacial score (nSPS) is 14.4. The van der Waals surface area contributed by atoms with E-state index in [1.165, 1.54) is 32.4 Å². The minimum Gasteiger partial charge on any atom is -0.319 e. The third-order valence-corrected chi connectivity index (χ3v) is 6.62. The van der Waals surface area contributed by atoms with Crippen LogP contribution >= 0.6 is 0 Å². The molecule has 3 aromatic heterocycles. The van der Waals surface area contributed by atoms with Crippen LogP contribution in [0.15, 0.2) is 55.0 Å². The van der Waals surface area contributed by atoms with Crippen molar-refractivity contribution in [2.45, 2.75) is 32.2 Å². The standard InChI is InChI=1S/C28H33N7O/c1-34(2)19-20-14-22(17-29-16-20)21-6-9-26-25(15-21)27(33-32-26)28(36)31-24-8-7-23(30-18-24)10-13-35-11-4-3-5-12-35/h6-9,14-18H,3-5,10-13,19H2,1-2H3,(H,31,36)(H,32,33). The van der Waals surface area contributed by atoms with Crippen LogP contribution in [0.2, 0.25) is 0 Å². The van der Waals surface area contributed by atoms with Crippen LogP contribution in [0, 0.1) is 0 Å². The lowest BCUT2D eigenvalue weighted by atomic mass is 10.0. The number of likely N-dealkylation sites (tertiary alicyclic amines) is 1. The summed E-state index contributed by atoms with van der Waals surface area (Å²) in [7, 11) is 4.07. The predicted molar refractivity (Wildman–Crippen MR) is 143 cm³/mol. The number of hydrogen-bond donors (Lipinski definition) is 2. The van der Waals surface area contributed by atoms with Crippen molar-refractivity contribution < 1.29 is 4.79 Å². The number of hydrogen-bond acceptors (Lipinski definition) is 6. The number of rotatable bonds is 8. The first-order chi connectivity index (χ1) is 17.5. The highest BCUT2D eigenvalue weighted by atomic mass is 16.1. The average Bonchev–Trinajstić information content (AvgIpc) is 3.32. The van der Waals surface area contributed by atoms with Gasteiger partial charge in [0, 0.05) is 48.5 Å². The largest absolute Gasteiger partial charge is 0.319 e.